The number of fused-ring (bicyclic) bond motifs is 1. The molecule has 2 aromatic carbocycles. The third kappa shape index (κ3) is 3.53. The zero-order valence-electron chi connectivity index (χ0n) is 14.0. The van der Waals surface area contributed by atoms with E-state index in [-0.39, 0.29) is 14.7 Å². The first-order valence-electron chi connectivity index (χ1n) is 7.58. The van der Waals surface area contributed by atoms with E-state index in [0.717, 1.165) is 23.1 Å². The Hall–Kier alpha value is -2.17. The topological polar surface area (TPSA) is 102 Å². The molecule has 0 fully saturated rings. The van der Waals surface area contributed by atoms with Crippen molar-refractivity contribution in [3.63, 3.8) is 0 Å². The first-order chi connectivity index (χ1) is 12.1. The van der Waals surface area contributed by atoms with E-state index in [2.05, 4.69) is 4.72 Å². The first kappa shape index (κ1) is 18.6. The molecule has 0 atom stereocenters. The van der Waals surface area contributed by atoms with Gasteiger partial charge in [-0.25, -0.2) is 16.8 Å². The van der Waals surface area contributed by atoms with Crippen LogP contribution in [0.1, 0.15) is 6.92 Å². The monoisotopic (exact) mass is 412 g/mol. The second kappa shape index (κ2) is 6.53. The maximum atomic E-state index is 12.5. The van der Waals surface area contributed by atoms with Gasteiger partial charge in [0.1, 0.15) is 0 Å². The number of sulfonamides is 1. The van der Waals surface area contributed by atoms with Crippen molar-refractivity contribution in [3.8, 4) is 0 Å². The number of sulfone groups is 1. The molecule has 0 saturated carbocycles. The van der Waals surface area contributed by atoms with Crippen molar-refractivity contribution >= 4 is 47.1 Å². The molecule has 1 N–H and O–H groups in total. The SMILES string of the molecule is CCn1c(=O)sc2cc(NS(=O)(=O)c3ccc(S(C)(=O)=O)cc3)ccc21. The maximum absolute atomic E-state index is 12.5. The number of nitrogens with zero attached hydrogens (tertiary/aromatic N) is 1. The molecule has 1 heterocycles. The molecular formula is C16H16N2O5S3. The molecule has 0 bridgehead atoms. The van der Waals surface area contributed by atoms with Crippen LogP contribution in [-0.2, 0) is 26.4 Å². The zero-order valence-corrected chi connectivity index (χ0v) is 16.4. The quantitative estimate of drug-likeness (QED) is 0.693. The Kier molecular flexibility index (Phi) is 4.67. The summed E-state index contributed by atoms with van der Waals surface area (Å²) in [5.74, 6) is 0. The van der Waals surface area contributed by atoms with Crippen LogP contribution in [0.25, 0.3) is 10.2 Å². The normalized spacial score (nSPS) is 12.4. The lowest BCUT2D eigenvalue weighted by Gasteiger charge is -2.09. The van der Waals surface area contributed by atoms with Crippen LogP contribution in [0.3, 0.4) is 0 Å². The van der Waals surface area contributed by atoms with Crippen molar-refractivity contribution in [1.29, 1.82) is 0 Å². The van der Waals surface area contributed by atoms with Crippen molar-refractivity contribution in [2.24, 2.45) is 0 Å². The predicted molar refractivity (Wildman–Crippen MR) is 102 cm³/mol. The summed E-state index contributed by atoms with van der Waals surface area (Å²) in [7, 11) is -7.28. The highest BCUT2D eigenvalue weighted by atomic mass is 32.2. The van der Waals surface area contributed by atoms with Crippen LogP contribution in [-0.4, -0.2) is 27.7 Å². The third-order valence-electron chi connectivity index (χ3n) is 3.80. The molecule has 0 aliphatic rings. The first-order valence-corrected chi connectivity index (χ1v) is 11.8. The molecule has 0 saturated heterocycles. The van der Waals surface area contributed by atoms with Gasteiger partial charge in [0, 0.05) is 12.8 Å². The number of aromatic nitrogens is 1. The Morgan fingerprint density at radius 3 is 2.19 bits per heavy atom. The summed E-state index contributed by atoms with van der Waals surface area (Å²) in [5.41, 5.74) is 1.08. The molecule has 1 aromatic heterocycles. The molecule has 0 aliphatic carbocycles. The van der Waals surface area contributed by atoms with E-state index < -0.39 is 19.9 Å². The summed E-state index contributed by atoms with van der Waals surface area (Å²) in [4.78, 5) is 11.8. The molecule has 0 spiro atoms. The summed E-state index contributed by atoms with van der Waals surface area (Å²) in [6.45, 7) is 2.40. The van der Waals surface area contributed by atoms with E-state index in [4.69, 9.17) is 0 Å². The van der Waals surface area contributed by atoms with E-state index in [1.54, 1.807) is 22.8 Å². The molecule has 0 amide bonds. The minimum absolute atomic E-state index is 0.0450. The fourth-order valence-electron chi connectivity index (χ4n) is 2.51. The lowest BCUT2D eigenvalue weighted by atomic mass is 10.3. The number of thiazole rings is 1. The van der Waals surface area contributed by atoms with Gasteiger partial charge in [-0.05, 0) is 49.4 Å². The zero-order chi connectivity index (χ0) is 19.1. The molecule has 3 rings (SSSR count). The standard InChI is InChI=1S/C16H16N2O5S3/c1-3-18-14-9-4-11(10-15(14)24-16(18)19)17-26(22,23)13-7-5-12(6-8-13)25(2,20)21/h4-10,17H,3H2,1-2H3. The Balaban J connectivity index is 1.94. The molecule has 0 unspecified atom stereocenters. The van der Waals surface area contributed by atoms with Crippen LogP contribution in [0, 0.1) is 0 Å². The number of hydrogen-bond acceptors (Lipinski definition) is 6. The van der Waals surface area contributed by atoms with Gasteiger partial charge in [0.05, 0.1) is 25.7 Å². The van der Waals surface area contributed by atoms with Gasteiger partial charge in [-0.15, -0.1) is 0 Å². The van der Waals surface area contributed by atoms with E-state index in [9.17, 15) is 21.6 Å². The molecule has 3 aromatic rings. The van der Waals surface area contributed by atoms with E-state index in [1.807, 2.05) is 6.92 Å². The van der Waals surface area contributed by atoms with Crippen molar-refractivity contribution in [3.05, 3.63) is 52.1 Å². The average molecular weight is 413 g/mol. The molecule has 138 valence electrons. The summed E-state index contributed by atoms with van der Waals surface area (Å²) < 4.78 is 52.7. The molecule has 10 heteroatoms. The number of anilines is 1. The lowest BCUT2D eigenvalue weighted by Crippen LogP contribution is -2.13. The smallest absolute Gasteiger partial charge is 0.299 e. The van der Waals surface area contributed by atoms with E-state index in [1.165, 1.54) is 24.3 Å². The molecule has 0 aliphatic heterocycles. The van der Waals surface area contributed by atoms with Crippen LogP contribution in [0.2, 0.25) is 0 Å². The van der Waals surface area contributed by atoms with Crippen LogP contribution in [0.4, 0.5) is 5.69 Å². The van der Waals surface area contributed by atoms with Crippen molar-refractivity contribution in [2.45, 2.75) is 23.3 Å². The Labute approximate surface area is 154 Å². The van der Waals surface area contributed by atoms with Gasteiger partial charge in [0.2, 0.25) is 0 Å². The van der Waals surface area contributed by atoms with Crippen molar-refractivity contribution in [2.75, 3.05) is 11.0 Å². The van der Waals surface area contributed by atoms with Gasteiger partial charge in [-0.2, -0.15) is 0 Å². The second-order valence-corrected chi connectivity index (χ2v) is 10.3. The Morgan fingerprint density at radius 2 is 1.62 bits per heavy atom. The van der Waals surface area contributed by atoms with Gasteiger partial charge < -0.3 is 0 Å². The van der Waals surface area contributed by atoms with Gasteiger partial charge in [-0.1, -0.05) is 11.3 Å². The van der Waals surface area contributed by atoms with Crippen molar-refractivity contribution < 1.29 is 16.8 Å². The van der Waals surface area contributed by atoms with Crippen LogP contribution in [0.5, 0.6) is 0 Å². The molecule has 26 heavy (non-hydrogen) atoms. The van der Waals surface area contributed by atoms with Crippen LogP contribution in [0.15, 0.2) is 57.1 Å². The number of aryl methyl sites for hydroxylation is 1. The summed E-state index contributed by atoms with van der Waals surface area (Å²) in [6.07, 6.45) is 1.05. The number of hydrogen-bond donors (Lipinski definition) is 1. The van der Waals surface area contributed by atoms with Gasteiger partial charge in [-0.3, -0.25) is 14.1 Å². The van der Waals surface area contributed by atoms with Crippen LogP contribution < -0.4 is 9.60 Å². The van der Waals surface area contributed by atoms with Gasteiger partial charge >= 0.3 is 4.87 Å². The van der Waals surface area contributed by atoms with Gasteiger partial charge in [0.25, 0.3) is 10.0 Å². The second-order valence-electron chi connectivity index (χ2n) is 5.64. The highest BCUT2D eigenvalue weighted by Crippen LogP contribution is 2.24. The van der Waals surface area contributed by atoms with E-state index >= 15 is 0 Å². The summed E-state index contributed by atoms with van der Waals surface area (Å²) in [6, 6.07) is 9.87. The summed E-state index contributed by atoms with van der Waals surface area (Å²) >= 11 is 1.05. The fraction of sp³-hybridized carbons (Fsp3) is 0.188. The highest BCUT2D eigenvalue weighted by molar-refractivity contribution is 7.92. The molecule has 0 radical (unpaired) electrons. The van der Waals surface area contributed by atoms with Crippen LogP contribution >= 0.6 is 11.3 Å². The Bertz CT molecular complexity index is 1240. The highest BCUT2D eigenvalue weighted by Gasteiger charge is 2.17. The maximum Gasteiger partial charge on any atom is 0.308 e. The lowest BCUT2D eigenvalue weighted by molar-refractivity contribution is 0.597. The summed E-state index contributed by atoms with van der Waals surface area (Å²) in [5, 5.41) is 0. The predicted octanol–water partition coefficient (Wildman–Crippen LogP) is 2.29. The van der Waals surface area contributed by atoms with E-state index in [0.29, 0.717) is 16.9 Å². The van der Waals surface area contributed by atoms with Gasteiger partial charge in [0.15, 0.2) is 9.84 Å². The Morgan fingerprint density at radius 1 is 1.00 bits per heavy atom. The fourth-order valence-corrected chi connectivity index (χ4v) is 5.18. The molecule has 7 nitrogen and oxygen atoms in total. The number of rotatable bonds is 5. The number of nitrogens with one attached hydrogen (secondary N) is 1. The third-order valence-corrected chi connectivity index (χ3v) is 7.27. The average Bonchev–Trinajstić information content (AvgIpc) is 2.88. The largest absolute Gasteiger partial charge is 0.308 e. The van der Waals surface area contributed by atoms with Crippen molar-refractivity contribution in [1.82, 2.24) is 4.57 Å². The minimum atomic E-state index is -3.88. The number of benzene rings is 2. The molecular weight excluding hydrogens is 396 g/mol. The minimum Gasteiger partial charge on any atom is -0.299 e.